The van der Waals surface area contributed by atoms with Gasteiger partial charge in [0.2, 0.25) is 0 Å². The number of thioether (sulfide) groups is 2. The number of thiophene rings is 1. The average Bonchev–Trinajstić information content (AvgIpc) is 2.54. The maximum Gasteiger partial charge on any atom is 0.261 e. The lowest BCUT2D eigenvalue weighted by Crippen LogP contribution is -2.24. The zero-order valence-electron chi connectivity index (χ0n) is 10.3. The summed E-state index contributed by atoms with van der Waals surface area (Å²) in [5, 5.41) is 1.11. The van der Waals surface area contributed by atoms with Crippen LogP contribution in [0.2, 0.25) is 0 Å². The monoisotopic (exact) mass is 303 g/mol. The van der Waals surface area contributed by atoms with Crippen LogP contribution < -0.4 is 16.4 Å². The smallest absolute Gasteiger partial charge is 0.261 e. The zero-order chi connectivity index (χ0) is 13.1. The number of carbonyl (C=O) groups excluding carboxylic acids is 1. The van der Waals surface area contributed by atoms with Crippen molar-refractivity contribution in [2.45, 2.75) is 11.3 Å². The second kappa shape index (κ2) is 6.08. The highest BCUT2D eigenvalue weighted by molar-refractivity contribution is 7.99. The van der Waals surface area contributed by atoms with E-state index in [0.717, 1.165) is 28.7 Å². The first-order chi connectivity index (χ1) is 8.65. The Balaban J connectivity index is 2.36. The van der Waals surface area contributed by atoms with E-state index >= 15 is 0 Å². The maximum atomic E-state index is 11.4. The van der Waals surface area contributed by atoms with E-state index < -0.39 is 5.91 Å². The molecule has 18 heavy (non-hydrogen) atoms. The van der Waals surface area contributed by atoms with Gasteiger partial charge >= 0.3 is 0 Å². The molecule has 4 nitrogen and oxygen atoms in total. The lowest BCUT2D eigenvalue weighted by molar-refractivity contribution is 0.100. The normalized spacial score (nSPS) is 16.6. The van der Waals surface area contributed by atoms with Gasteiger partial charge in [0.15, 0.2) is 0 Å². The quantitative estimate of drug-likeness (QED) is 0.837. The lowest BCUT2D eigenvalue weighted by atomic mass is 10.3. The highest BCUT2D eigenvalue weighted by atomic mass is 32.2. The maximum absolute atomic E-state index is 11.4. The Labute approximate surface area is 119 Å². The van der Waals surface area contributed by atoms with Crippen molar-refractivity contribution in [2.75, 3.05) is 41.5 Å². The van der Waals surface area contributed by atoms with Crippen molar-refractivity contribution < 1.29 is 4.79 Å². The molecule has 0 unspecified atom stereocenters. The predicted octanol–water partition coefficient (Wildman–Crippen LogP) is 2.09. The molecule has 7 heteroatoms. The Bertz CT molecular complexity index is 439. The Hall–Kier alpha value is -0.530. The van der Waals surface area contributed by atoms with Gasteiger partial charge in [0.25, 0.3) is 5.91 Å². The van der Waals surface area contributed by atoms with Crippen LogP contribution in [0.1, 0.15) is 16.1 Å². The molecule has 0 radical (unpaired) electrons. The van der Waals surface area contributed by atoms with Crippen LogP contribution in [-0.2, 0) is 0 Å². The number of nitrogens with zero attached hydrogens (tertiary/aromatic N) is 1. The second-order valence-electron chi connectivity index (χ2n) is 4.00. The van der Waals surface area contributed by atoms with E-state index in [9.17, 15) is 4.79 Å². The molecule has 0 saturated carbocycles. The summed E-state index contributed by atoms with van der Waals surface area (Å²) in [6.07, 6.45) is 3.15. The fourth-order valence-corrected chi connectivity index (χ4v) is 4.93. The number of amides is 1. The first-order valence-electron chi connectivity index (χ1n) is 5.74. The molecule has 4 N–H and O–H groups in total. The first kappa shape index (κ1) is 13.9. The second-order valence-corrected chi connectivity index (χ2v) is 7.04. The number of carbonyl (C=O) groups is 1. The first-order valence-corrected chi connectivity index (χ1v) is 8.93. The van der Waals surface area contributed by atoms with Crippen molar-refractivity contribution in [3.63, 3.8) is 0 Å². The predicted molar refractivity (Wildman–Crippen MR) is 83.2 cm³/mol. The van der Waals surface area contributed by atoms with E-state index in [2.05, 4.69) is 4.90 Å². The molecular weight excluding hydrogens is 286 g/mol. The number of anilines is 2. The van der Waals surface area contributed by atoms with Gasteiger partial charge in [-0.05, 0) is 18.4 Å². The minimum atomic E-state index is -0.428. The van der Waals surface area contributed by atoms with Gasteiger partial charge in [-0.2, -0.15) is 11.8 Å². The highest BCUT2D eigenvalue weighted by Crippen LogP contribution is 2.44. The van der Waals surface area contributed by atoms with Crippen LogP contribution in [0.3, 0.4) is 0 Å². The third-order valence-corrected chi connectivity index (χ3v) is 6.10. The lowest BCUT2D eigenvalue weighted by Gasteiger charge is -2.21. The van der Waals surface area contributed by atoms with E-state index in [-0.39, 0.29) is 0 Å². The summed E-state index contributed by atoms with van der Waals surface area (Å²) in [6, 6.07) is 0. The standard InChI is InChI=1S/C11H17N3OS3/c1-16-9-7(12)8(10(13)15)18-11(9)14-3-2-5-17-6-4-14/h2-6,12H2,1H3,(H2,13,15). The molecule has 0 bridgehead atoms. The molecule has 0 spiro atoms. The molecule has 1 aliphatic rings. The minimum absolute atomic E-state index is 0.428. The molecule has 1 amide bonds. The largest absolute Gasteiger partial charge is 0.396 e. The highest BCUT2D eigenvalue weighted by Gasteiger charge is 2.23. The van der Waals surface area contributed by atoms with Gasteiger partial charge < -0.3 is 16.4 Å². The average molecular weight is 303 g/mol. The number of nitrogens with two attached hydrogens (primary N) is 2. The topological polar surface area (TPSA) is 72.3 Å². The van der Waals surface area contributed by atoms with E-state index in [1.165, 1.54) is 23.5 Å². The summed E-state index contributed by atoms with van der Waals surface area (Å²) in [5.41, 5.74) is 11.9. The van der Waals surface area contributed by atoms with E-state index in [1.807, 2.05) is 18.0 Å². The number of nitrogen functional groups attached to an aromatic ring is 1. The van der Waals surface area contributed by atoms with E-state index in [1.54, 1.807) is 11.8 Å². The molecular formula is C11H17N3OS3. The molecule has 0 aromatic carbocycles. The Kier molecular flexibility index (Phi) is 4.69. The van der Waals surface area contributed by atoms with Gasteiger partial charge in [-0.15, -0.1) is 23.1 Å². The van der Waals surface area contributed by atoms with Gasteiger partial charge in [-0.1, -0.05) is 0 Å². The summed E-state index contributed by atoms with van der Waals surface area (Å²) in [4.78, 5) is 15.2. The minimum Gasteiger partial charge on any atom is -0.396 e. The third-order valence-electron chi connectivity index (χ3n) is 2.82. The van der Waals surface area contributed by atoms with Crippen molar-refractivity contribution in [1.82, 2.24) is 0 Å². The number of primary amides is 1. The van der Waals surface area contributed by atoms with Gasteiger partial charge in [0, 0.05) is 18.8 Å². The summed E-state index contributed by atoms with van der Waals surface area (Å²) in [7, 11) is 0. The molecule has 0 aliphatic carbocycles. The van der Waals surface area contributed by atoms with Crippen molar-refractivity contribution in [3.05, 3.63) is 4.88 Å². The van der Waals surface area contributed by atoms with Crippen molar-refractivity contribution in [1.29, 1.82) is 0 Å². The van der Waals surface area contributed by atoms with Crippen molar-refractivity contribution >= 4 is 51.5 Å². The van der Waals surface area contributed by atoms with Crippen molar-refractivity contribution in [2.24, 2.45) is 5.73 Å². The molecule has 1 aliphatic heterocycles. The summed E-state index contributed by atoms with van der Waals surface area (Å²) < 4.78 is 0. The molecule has 100 valence electrons. The summed E-state index contributed by atoms with van der Waals surface area (Å²) in [5.74, 6) is 1.90. The number of rotatable bonds is 3. The molecule has 2 heterocycles. The van der Waals surface area contributed by atoms with Gasteiger partial charge in [0.1, 0.15) is 9.88 Å². The fraction of sp³-hybridized carbons (Fsp3) is 0.545. The molecule has 2 rings (SSSR count). The molecule has 1 saturated heterocycles. The van der Waals surface area contributed by atoms with Crippen LogP contribution in [-0.4, -0.2) is 36.8 Å². The van der Waals surface area contributed by atoms with Gasteiger partial charge in [0.05, 0.1) is 10.6 Å². The molecule has 0 atom stereocenters. The van der Waals surface area contributed by atoms with Crippen molar-refractivity contribution in [3.8, 4) is 0 Å². The number of hydrogen-bond acceptors (Lipinski definition) is 6. The molecule has 1 aromatic rings. The van der Waals surface area contributed by atoms with Gasteiger partial charge in [-0.3, -0.25) is 4.79 Å². The van der Waals surface area contributed by atoms with Crippen LogP contribution in [0.5, 0.6) is 0 Å². The molecule has 1 fully saturated rings. The Morgan fingerprint density at radius 3 is 2.83 bits per heavy atom. The fourth-order valence-electron chi connectivity index (χ4n) is 1.95. The number of hydrogen-bond donors (Lipinski definition) is 2. The van der Waals surface area contributed by atoms with Crippen LogP contribution in [0.15, 0.2) is 4.90 Å². The Morgan fingerprint density at radius 1 is 1.39 bits per heavy atom. The SMILES string of the molecule is CSc1c(N2CCCSCC2)sc(C(N)=O)c1N. The Morgan fingerprint density at radius 2 is 2.17 bits per heavy atom. The van der Waals surface area contributed by atoms with E-state index in [4.69, 9.17) is 11.5 Å². The summed E-state index contributed by atoms with van der Waals surface area (Å²) in [6.45, 7) is 2.04. The summed E-state index contributed by atoms with van der Waals surface area (Å²) >= 11 is 5.00. The van der Waals surface area contributed by atoms with Crippen LogP contribution in [0.4, 0.5) is 10.7 Å². The molecule has 1 aromatic heterocycles. The third kappa shape index (κ3) is 2.73. The van der Waals surface area contributed by atoms with Crippen LogP contribution in [0.25, 0.3) is 0 Å². The van der Waals surface area contributed by atoms with Crippen LogP contribution in [0, 0.1) is 0 Å². The van der Waals surface area contributed by atoms with Gasteiger partial charge in [-0.25, -0.2) is 0 Å². The van der Waals surface area contributed by atoms with Crippen LogP contribution >= 0.6 is 34.9 Å². The zero-order valence-corrected chi connectivity index (χ0v) is 12.7. The van der Waals surface area contributed by atoms with E-state index in [0.29, 0.717) is 10.6 Å².